The van der Waals surface area contributed by atoms with Gasteiger partial charge in [0.2, 0.25) is 0 Å². The molecule has 1 amide bonds. The third-order valence-electron chi connectivity index (χ3n) is 3.51. The minimum atomic E-state index is -0.365. The van der Waals surface area contributed by atoms with Crippen LogP contribution in [0.3, 0.4) is 0 Å². The van der Waals surface area contributed by atoms with Crippen LogP contribution in [-0.2, 0) is 0 Å². The summed E-state index contributed by atoms with van der Waals surface area (Å²) in [7, 11) is 1.56. The molecule has 2 aromatic carbocycles. The lowest BCUT2D eigenvalue weighted by molar-refractivity contribution is 0.102. The van der Waals surface area contributed by atoms with Gasteiger partial charge in [-0.1, -0.05) is 6.07 Å². The van der Waals surface area contributed by atoms with Gasteiger partial charge in [-0.25, -0.2) is 0 Å². The van der Waals surface area contributed by atoms with E-state index in [9.17, 15) is 4.79 Å². The first-order chi connectivity index (χ1) is 12.7. The standard InChI is InChI=1S/C19H15N5O2/c1-26-16-4-2-3-15(11-16)22-19(25)17-9-10-18(24-23-17)21-14-7-5-13(12-20)6-8-14/h2-11H,1H3,(H,21,24)(H,22,25). The Morgan fingerprint density at radius 3 is 2.50 bits per heavy atom. The molecule has 0 saturated heterocycles. The number of hydrogen-bond acceptors (Lipinski definition) is 6. The Labute approximate surface area is 150 Å². The van der Waals surface area contributed by atoms with E-state index in [0.717, 1.165) is 5.69 Å². The van der Waals surface area contributed by atoms with E-state index < -0.39 is 0 Å². The molecule has 0 atom stereocenters. The van der Waals surface area contributed by atoms with E-state index in [2.05, 4.69) is 26.9 Å². The molecule has 3 aromatic rings. The first-order valence-electron chi connectivity index (χ1n) is 7.74. The first-order valence-corrected chi connectivity index (χ1v) is 7.74. The number of methoxy groups -OCH3 is 1. The van der Waals surface area contributed by atoms with Crippen molar-refractivity contribution in [1.82, 2.24) is 10.2 Å². The number of nitriles is 1. The largest absolute Gasteiger partial charge is 0.497 e. The van der Waals surface area contributed by atoms with Crippen molar-refractivity contribution in [2.75, 3.05) is 17.7 Å². The van der Waals surface area contributed by atoms with Crippen molar-refractivity contribution < 1.29 is 9.53 Å². The highest BCUT2D eigenvalue weighted by molar-refractivity contribution is 6.02. The lowest BCUT2D eigenvalue weighted by Gasteiger charge is -2.07. The number of amides is 1. The molecule has 26 heavy (non-hydrogen) atoms. The number of anilines is 3. The van der Waals surface area contributed by atoms with Crippen molar-refractivity contribution in [1.29, 1.82) is 5.26 Å². The number of rotatable bonds is 5. The molecule has 1 aromatic heterocycles. The fourth-order valence-electron chi connectivity index (χ4n) is 2.19. The Bertz CT molecular complexity index is 947. The molecule has 2 N–H and O–H groups in total. The van der Waals surface area contributed by atoms with Crippen molar-refractivity contribution in [3.8, 4) is 11.8 Å². The summed E-state index contributed by atoms with van der Waals surface area (Å²) in [5.74, 6) is 0.777. The van der Waals surface area contributed by atoms with Crippen LogP contribution in [0.5, 0.6) is 5.75 Å². The molecule has 7 nitrogen and oxygen atoms in total. The average Bonchev–Trinajstić information content (AvgIpc) is 2.69. The van der Waals surface area contributed by atoms with Crippen LogP contribution < -0.4 is 15.4 Å². The highest BCUT2D eigenvalue weighted by atomic mass is 16.5. The predicted octanol–water partition coefficient (Wildman–Crippen LogP) is 3.35. The van der Waals surface area contributed by atoms with Gasteiger partial charge in [-0.15, -0.1) is 10.2 Å². The summed E-state index contributed by atoms with van der Waals surface area (Å²) in [4.78, 5) is 12.2. The summed E-state index contributed by atoms with van der Waals surface area (Å²) in [6.07, 6.45) is 0. The van der Waals surface area contributed by atoms with Gasteiger partial charge in [-0.3, -0.25) is 4.79 Å². The molecule has 1 heterocycles. The quantitative estimate of drug-likeness (QED) is 0.735. The van der Waals surface area contributed by atoms with Crippen LogP contribution in [0, 0.1) is 11.3 Å². The number of nitrogens with one attached hydrogen (secondary N) is 2. The maximum atomic E-state index is 12.2. The predicted molar refractivity (Wildman–Crippen MR) is 97.4 cm³/mol. The molecule has 0 radical (unpaired) electrons. The molecule has 7 heteroatoms. The number of ether oxygens (including phenoxy) is 1. The molecule has 0 aliphatic heterocycles. The minimum Gasteiger partial charge on any atom is -0.497 e. The molecule has 0 spiro atoms. The Morgan fingerprint density at radius 1 is 1.04 bits per heavy atom. The van der Waals surface area contributed by atoms with Gasteiger partial charge in [0.05, 0.1) is 18.7 Å². The molecule has 0 unspecified atom stereocenters. The Balaban J connectivity index is 1.66. The lowest BCUT2D eigenvalue weighted by atomic mass is 10.2. The smallest absolute Gasteiger partial charge is 0.276 e. The summed E-state index contributed by atoms with van der Waals surface area (Å²) in [6.45, 7) is 0. The second-order valence-electron chi connectivity index (χ2n) is 5.30. The maximum Gasteiger partial charge on any atom is 0.276 e. The Morgan fingerprint density at radius 2 is 1.85 bits per heavy atom. The number of carbonyl (C=O) groups is 1. The summed E-state index contributed by atoms with van der Waals surface area (Å²) >= 11 is 0. The van der Waals surface area contributed by atoms with Gasteiger partial charge < -0.3 is 15.4 Å². The number of benzene rings is 2. The van der Waals surface area contributed by atoms with E-state index >= 15 is 0 Å². The zero-order valence-electron chi connectivity index (χ0n) is 13.9. The van der Waals surface area contributed by atoms with Crippen LogP contribution in [0.25, 0.3) is 0 Å². The first kappa shape index (κ1) is 16.9. The van der Waals surface area contributed by atoms with Gasteiger partial charge in [0.25, 0.3) is 5.91 Å². The highest BCUT2D eigenvalue weighted by Crippen LogP contribution is 2.18. The van der Waals surface area contributed by atoms with Crippen molar-refractivity contribution in [2.45, 2.75) is 0 Å². The molecule has 0 bridgehead atoms. The second-order valence-corrected chi connectivity index (χ2v) is 5.30. The van der Waals surface area contributed by atoms with Gasteiger partial charge in [-0.2, -0.15) is 5.26 Å². The molecule has 0 aliphatic rings. The lowest BCUT2D eigenvalue weighted by Crippen LogP contribution is -2.14. The van der Waals surface area contributed by atoms with E-state index in [4.69, 9.17) is 10.00 Å². The zero-order valence-corrected chi connectivity index (χ0v) is 13.9. The van der Waals surface area contributed by atoms with Crippen molar-refractivity contribution in [3.05, 3.63) is 71.9 Å². The van der Waals surface area contributed by atoms with E-state index in [0.29, 0.717) is 22.8 Å². The van der Waals surface area contributed by atoms with E-state index in [1.807, 2.05) is 0 Å². The minimum absolute atomic E-state index is 0.193. The Hall–Kier alpha value is -3.92. The fraction of sp³-hybridized carbons (Fsp3) is 0.0526. The third kappa shape index (κ3) is 4.13. The fourth-order valence-corrected chi connectivity index (χ4v) is 2.19. The van der Waals surface area contributed by atoms with Crippen LogP contribution in [0.2, 0.25) is 0 Å². The van der Waals surface area contributed by atoms with E-state index in [1.165, 1.54) is 0 Å². The van der Waals surface area contributed by atoms with Crippen molar-refractivity contribution in [2.24, 2.45) is 0 Å². The number of aromatic nitrogens is 2. The molecule has 0 fully saturated rings. The maximum absolute atomic E-state index is 12.2. The summed E-state index contributed by atoms with van der Waals surface area (Å²) in [6, 6.07) is 19.3. The normalized spacial score (nSPS) is 9.85. The Kier molecular flexibility index (Phi) is 5.05. The van der Waals surface area contributed by atoms with Gasteiger partial charge >= 0.3 is 0 Å². The van der Waals surface area contributed by atoms with Crippen molar-refractivity contribution >= 4 is 23.1 Å². The molecule has 3 rings (SSSR count). The summed E-state index contributed by atoms with van der Waals surface area (Å²) in [5, 5.41) is 22.5. The molecule has 128 valence electrons. The summed E-state index contributed by atoms with van der Waals surface area (Å²) in [5.41, 5.74) is 2.15. The molecular weight excluding hydrogens is 330 g/mol. The average molecular weight is 345 g/mol. The van der Waals surface area contributed by atoms with E-state index in [1.54, 1.807) is 67.8 Å². The van der Waals surface area contributed by atoms with Crippen LogP contribution in [-0.4, -0.2) is 23.2 Å². The number of nitrogens with zero attached hydrogens (tertiary/aromatic N) is 3. The summed E-state index contributed by atoms with van der Waals surface area (Å²) < 4.78 is 5.12. The molecule has 0 aliphatic carbocycles. The van der Waals surface area contributed by atoms with Crippen LogP contribution in [0.15, 0.2) is 60.7 Å². The van der Waals surface area contributed by atoms with Crippen molar-refractivity contribution in [3.63, 3.8) is 0 Å². The topological polar surface area (TPSA) is 99.9 Å². The number of carbonyl (C=O) groups excluding carboxylic acids is 1. The second kappa shape index (κ2) is 7.77. The van der Waals surface area contributed by atoms with Gasteiger partial charge in [0, 0.05) is 17.4 Å². The zero-order chi connectivity index (χ0) is 18.4. The molecule has 0 saturated carbocycles. The van der Waals surface area contributed by atoms with Crippen LogP contribution in [0.4, 0.5) is 17.2 Å². The third-order valence-corrected chi connectivity index (χ3v) is 3.51. The van der Waals surface area contributed by atoms with E-state index in [-0.39, 0.29) is 11.6 Å². The monoisotopic (exact) mass is 345 g/mol. The van der Waals surface area contributed by atoms with Gasteiger partial charge in [-0.05, 0) is 48.5 Å². The number of hydrogen-bond donors (Lipinski definition) is 2. The van der Waals surface area contributed by atoms with Crippen LogP contribution >= 0.6 is 0 Å². The van der Waals surface area contributed by atoms with Gasteiger partial charge in [0.15, 0.2) is 11.5 Å². The highest BCUT2D eigenvalue weighted by Gasteiger charge is 2.09. The van der Waals surface area contributed by atoms with Crippen LogP contribution in [0.1, 0.15) is 16.1 Å². The van der Waals surface area contributed by atoms with Gasteiger partial charge in [0.1, 0.15) is 5.75 Å². The SMILES string of the molecule is COc1cccc(NC(=O)c2ccc(Nc3ccc(C#N)cc3)nn2)c1. The molecular formula is C19H15N5O2.